The summed E-state index contributed by atoms with van der Waals surface area (Å²) in [5.41, 5.74) is 6.40. The highest BCUT2D eigenvalue weighted by Crippen LogP contribution is 2.31. The number of aliphatic imine (C=N–C) groups is 1. The quantitative estimate of drug-likeness (QED) is 0.755. The van der Waals surface area contributed by atoms with Gasteiger partial charge in [-0.1, -0.05) is 62.4 Å². The number of aryl methyl sites for hydroxylation is 1. The minimum atomic E-state index is 0.941. The van der Waals surface area contributed by atoms with E-state index in [1.54, 1.807) is 0 Å². The first kappa shape index (κ1) is 18.9. The maximum Gasteiger partial charge on any atom is 0.136 e. The Morgan fingerprint density at radius 3 is 2.43 bits per heavy atom. The molecule has 0 aromatic heterocycles. The lowest BCUT2D eigenvalue weighted by atomic mass is 10.0. The summed E-state index contributed by atoms with van der Waals surface area (Å²) in [7, 11) is 0. The number of fused-ring (bicyclic) bond motifs is 1. The molecule has 0 atom stereocenters. The largest absolute Gasteiger partial charge is 0.354 e. The Morgan fingerprint density at radius 2 is 1.71 bits per heavy atom. The van der Waals surface area contributed by atoms with E-state index in [-0.39, 0.29) is 0 Å². The zero-order valence-electron chi connectivity index (χ0n) is 17.2. The fraction of sp³-hybridized carbons (Fsp3) is 0.400. The molecule has 3 nitrogen and oxygen atoms in total. The van der Waals surface area contributed by atoms with Gasteiger partial charge in [0.15, 0.2) is 0 Å². The predicted molar refractivity (Wildman–Crippen MR) is 119 cm³/mol. The molecule has 0 aliphatic carbocycles. The highest BCUT2D eigenvalue weighted by atomic mass is 15.3. The van der Waals surface area contributed by atoms with Crippen LogP contribution in [0.5, 0.6) is 0 Å². The van der Waals surface area contributed by atoms with Gasteiger partial charge in [0.05, 0.1) is 5.69 Å². The zero-order chi connectivity index (χ0) is 19.3. The van der Waals surface area contributed by atoms with Crippen LogP contribution in [0, 0.1) is 0 Å². The molecule has 0 spiro atoms. The molecule has 1 fully saturated rings. The third-order valence-electron chi connectivity index (χ3n) is 5.84. The minimum absolute atomic E-state index is 0.941. The Morgan fingerprint density at radius 1 is 0.929 bits per heavy atom. The van der Waals surface area contributed by atoms with Crippen LogP contribution in [0.3, 0.4) is 0 Å². The summed E-state index contributed by atoms with van der Waals surface area (Å²) in [6.45, 7) is 10.0. The molecule has 1 saturated heterocycles. The van der Waals surface area contributed by atoms with Gasteiger partial charge < -0.3 is 4.90 Å². The van der Waals surface area contributed by atoms with E-state index in [4.69, 9.17) is 4.99 Å². The number of allylic oxidation sites excluding steroid dienone is 1. The number of amidine groups is 1. The number of piperazine rings is 1. The van der Waals surface area contributed by atoms with Crippen molar-refractivity contribution in [1.82, 2.24) is 9.80 Å². The van der Waals surface area contributed by atoms with Gasteiger partial charge in [0, 0.05) is 31.8 Å². The molecule has 28 heavy (non-hydrogen) atoms. The maximum absolute atomic E-state index is 5.22. The van der Waals surface area contributed by atoms with Crippen molar-refractivity contribution in [3.63, 3.8) is 0 Å². The van der Waals surface area contributed by atoms with Gasteiger partial charge in [-0.15, -0.1) is 0 Å². The van der Waals surface area contributed by atoms with Gasteiger partial charge in [-0.05, 0) is 48.6 Å². The summed E-state index contributed by atoms with van der Waals surface area (Å²) >= 11 is 0. The number of benzene rings is 2. The second-order valence-electron chi connectivity index (χ2n) is 7.77. The smallest absolute Gasteiger partial charge is 0.136 e. The van der Waals surface area contributed by atoms with Crippen molar-refractivity contribution in [3.8, 4) is 0 Å². The van der Waals surface area contributed by atoms with E-state index in [0.717, 1.165) is 50.5 Å². The first-order chi connectivity index (χ1) is 13.8. The van der Waals surface area contributed by atoms with E-state index < -0.39 is 0 Å². The summed E-state index contributed by atoms with van der Waals surface area (Å²) in [5, 5.41) is 0. The van der Waals surface area contributed by atoms with Crippen molar-refractivity contribution in [1.29, 1.82) is 0 Å². The molecule has 2 aliphatic rings. The minimum Gasteiger partial charge on any atom is -0.354 e. The summed E-state index contributed by atoms with van der Waals surface area (Å²) in [6.07, 6.45) is 5.62. The topological polar surface area (TPSA) is 18.8 Å². The van der Waals surface area contributed by atoms with E-state index in [1.807, 2.05) is 0 Å². The van der Waals surface area contributed by atoms with Crippen LogP contribution in [0.4, 0.5) is 5.69 Å². The van der Waals surface area contributed by atoms with Crippen molar-refractivity contribution in [2.24, 2.45) is 4.99 Å². The third kappa shape index (κ3) is 4.05. The van der Waals surface area contributed by atoms with Gasteiger partial charge in [-0.3, -0.25) is 4.90 Å². The summed E-state index contributed by atoms with van der Waals surface area (Å²) in [5.74, 6) is 1.14. The van der Waals surface area contributed by atoms with Crippen molar-refractivity contribution in [2.45, 2.75) is 33.1 Å². The van der Waals surface area contributed by atoms with Gasteiger partial charge in [-0.25, -0.2) is 4.99 Å². The maximum atomic E-state index is 5.22. The second-order valence-corrected chi connectivity index (χ2v) is 7.77. The Kier molecular flexibility index (Phi) is 5.92. The fourth-order valence-electron chi connectivity index (χ4n) is 4.21. The molecule has 0 bridgehead atoms. The molecule has 0 N–H and O–H groups in total. The van der Waals surface area contributed by atoms with Crippen LogP contribution in [0.25, 0.3) is 5.57 Å². The van der Waals surface area contributed by atoms with Crippen LogP contribution in [0.1, 0.15) is 37.0 Å². The van der Waals surface area contributed by atoms with Crippen LogP contribution in [-0.4, -0.2) is 48.4 Å². The predicted octanol–water partition coefficient (Wildman–Crippen LogP) is 4.95. The van der Waals surface area contributed by atoms with Crippen molar-refractivity contribution in [3.05, 3.63) is 71.3 Å². The van der Waals surface area contributed by atoms with Gasteiger partial charge >= 0.3 is 0 Å². The molecule has 0 amide bonds. The lowest BCUT2D eigenvalue weighted by Crippen LogP contribution is -2.49. The van der Waals surface area contributed by atoms with E-state index >= 15 is 0 Å². The highest BCUT2D eigenvalue weighted by Gasteiger charge is 2.24. The van der Waals surface area contributed by atoms with Gasteiger partial charge in [0.2, 0.25) is 0 Å². The molecule has 2 aromatic carbocycles. The average molecular weight is 374 g/mol. The number of nitrogens with zero attached hydrogens (tertiary/aromatic N) is 3. The first-order valence-corrected chi connectivity index (χ1v) is 10.7. The number of hydrogen-bond donors (Lipinski definition) is 0. The highest BCUT2D eigenvalue weighted by molar-refractivity contribution is 6.23. The Labute approximate surface area is 169 Å². The fourth-order valence-corrected chi connectivity index (χ4v) is 4.21. The molecule has 146 valence electrons. The molecule has 0 radical (unpaired) electrons. The molecule has 0 unspecified atom stereocenters. The van der Waals surface area contributed by atoms with E-state index in [9.17, 15) is 0 Å². The van der Waals surface area contributed by atoms with E-state index in [0.29, 0.717) is 0 Å². The van der Waals surface area contributed by atoms with Crippen LogP contribution in [-0.2, 0) is 12.8 Å². The molecule has 2 aliphatic heterocycles. The van der Waals surface area contributed by atoms with Crippen LogP contribution in [0.15, 0.2) is 59.6 Å². The molecule has 4 rings (SSSR count). The lowest BCUT2D eigenvalue weighted by Gasteiger charge is -2.37. The molecule has 2 aromatic rings. The van der Waals surface area contributed by atoms with E-state index in [2.05, 4.69) is 78.3 Å². The molecule has 0 saturated carbocycles. The summed E-state index contributed by atoms with van der Waals surface area (Å²) in [4.78, 5) is 10.3. The number of rotatable bonds is 4. The zero-order valence-corrected chi connectivity index (χ0v) is 17.2. The number of hydrogen-bond acceptors (Lipinski definition) is 3. The SMILES string of the molecule is CCCN1CCN(C2=Nc3ccc(CC)cc3CC=C2c2ccccc2)CC1. The normalized spacial score (nSPS) is 17.6. The summed E-state index contributed by atoms with van der Waals surface area (Å²) in [6, 6.07) is 17.5. The first-order valence-electron chi connectivity index (χ1n) is 10.7. The van der Waals surface area contributed by atoms with Crippen LogP contribution < -0.4 is 0 Å². The third-order valence-corrected chi connectivity index (χ3v) is 5.84. The Balaban J connectivity index is 1.70. The Bertz CT molecular complexity index is 859. The monoisotopic (exact) mass is 373 g/mol. The van der Waals surface area contributed by atoms with E-state index in [1.165, 1.54) is 35.2 Å². The van der Waals surface area contributed by atoms with Crippen molar-refractivity contribution >= 4 is 17.1 Å². The van der Waals surface area contributed by atoms with Gasteiger partial charge in [0.25, 0.3) is 0 Å². The average Bonchev–Trinajstić information content (AvgIpc) is 2.94. The second kappa shape index (κ2) is 8.74. The lowest BCUT2D eigenvalue weighted by molar-refractivity contribution is 0.183. The molecule has 2 heterocycles. The van der Waals surface area contributed by atoms with Gasteiger partial charge in [0.1, 0.15) is 5.84 Å². The van der Waals surface area contributed by atoms with Crippen LogP contribution in [0.2, 0.25) is 0 Å². The molecule has 3 heteroatoms. The van der Waals surface area contributed by atoms with Gasteiger partial charge in [-0.2, -0.15) is 0 Å². The standard InChI is InChI=1S/C25H31N3/c1-3-14-27-15-17-28(18-16-27)25-23(21-8-6-5-7-9-21)12-11-22-19-20(4-2)10-13-24(22)26-25/h5-10,12-13,19H,3-4,11,14-18H2,1-2H3. The molecular formula is C25H31N3. The van der Waals surface area contributed by atoms with Crippen molar-refractivity contribution in [2.75, 3.05) is 32.7 Å². The Hall–Kier alpha value is -2.39. The summed E-state index contributed by atoms with van der Waals surface area (Å²) < 4.78 is 0. The van der Waals surface area contributed by atoms with Crippen LogP contribution >= 0.6 is 0 Å². The van der Waals surface area contributed by atoms with Crippen molar-refractivity contribution < 1.29 is 0 Å². The molecular weight excluding hydrogens is 342 g/mol.